The summed E-state index contributed by atoms with van der Waals surface area (Å²) >= 11 is 2.97. The van der Waals surface area contributed by atoms with Crippen molar-refractivity contribution < 1.29 is 18.0 Å². The van der Waals surface area contributed by atoms with Crippen LogP contribution in [0.1, 0.15) is 10.4 Å². The Morgan fingerprint density at radius 2 is 1.70 bits per heavy atom. The van der Waals surface area contributed by atoms with Crippen LogP contribution in [-0.2, 0) is 0 Å². The van der Waals surface area contributed by atoms with E-state index in [0.717, 1.165) is 12.1 Å². The molecule has 0 saturated heterocycles. The van der Waals surface area contributed by atoms with Gasteiger partial charge in [0.1, 0.15) is 5.82 Å². The number of carbonyl (C=O) groups is 1. The normalized spacial score (nSPS) is 10.4. The van der Waals surface area contributed by atoms with Crippen LogP contribution in [0, 0.1) is 17.5 Å². The van der Waals surface area contributed by atoms with Gasteiger partial charge in [-0.2, -0.15) is 0 Å². The lowest BCUT2D eigenvalue weighted by Crippen LogP contribution is -2.15. The van der Waals surface area contributed by atoms with Gasteiger partial charge in [0.15, 0.2) is 11.6 Å². The molecule has 2 aromatic carbocycles. The monoisotopic (exact) mass is 344 g/mol. The summed E-state index contributed by atoms with van der Waals surface area (Å²) in [6.07, 6.45) is 0. The second-order valence-electron chi connectivity index (χ2n) is 3.94. The van der Waals surface area contributed by atoms with Crippen molar-refractivity contribution in [2.75, 3.05) is 11.1 Å². The van der Waals surface area contributed by atoms with Crippen LogP contribution >= 0.6 is 15.9 Å². The van der Waals surface area contributed by atoms with Crippen molar-refractivity contribution >= 4 is 33.2 Å². The van der Waals surface area contributed by atoms with Gasteiger partial charge in [-0.05, 0) is 40.2 Å². The van der Waals surface area contributed by atoms with Crippen LogP contribution in [0.2, 0.25) is 0 Å². The fourth-order valence-electron chi connectivity index (χ4n) is 1.53. The Kier molecular flexibility index (Phi) is 3.99. The average molecular weight is 345 g/mol. The molecule has 104 valence electrons. The number of hydrogen-bond donors (Lipinski definition) is 2. The quantitative estimate of drug-likeness (QED) is 0.816. The lowest BCUT2D eigenvalue weighted by molar-refractivity contribution is 0.102. The lowest BCUT2D eigenvalue weighted by Gasteiger charge is -2.08. The molecule has 0 aliphatic carbocycles. The van der Waals surface area contributed by atoms with Gasteiger partial charge in [-0.3, -0.25) is 4.79 Å². The number of amides is 1. The minimum atomic E-state index is -1.18. The molecule has 0 atom stereocenters. The molecule has 3 nitrogen and oxygen atoms in total. The third-order valence-corrected chi connectivity index (χ3v) is 3.12. The van der Waals surface area contributed by atoms with Crippen molar-refractivity contribution in [1.82, 2.24) is 0 Å². The molecule has 0 aliphatic heterocycles. The fraction of sp³-hybridized carbons (Fsp3) is 0. The van der Waals surface area contributed by atoms with Gasteiger partial charge in [0.05, 0.1) is 10.0 Å². The van der Waals surface area contributed by atoms with E-state index >= 15 is 0 Å². The first kappa shape index (κ1) is 14.4. The van der Waals surface area contributed by atoms with Crippen LogP contribution < -0.4 is 11.1 Å². The second-order valence-corrected chi connectivity index (χ2v) is 4.79. The highest BCUT2D eigenvalue weighted by Gasteiger charge is 2.15. The number of nitrogens with two attached hydrogens (primary N) is 1. The molecule has 0 aliphatic rings. The predicted octanol–water partition coefficient (Wildman–Crippen LogP) is 3.70. The standard InChI is InChI=1S/C13H8BrF3N2O/c14-8-3-6(1-2-9(8)15)19-13(20)7-4-10(16)11(17)5-12(7)18/h1-5H,18H2,(H,19,20). The molecule has 0 spiro atoms. The van der Waals surface area contributed by atoms with E-state index < -0.39 is 23.4 Å². The van der Waals surface area contributed by atoms with Crippen molar-refractivity contribution in [2.24, 2.45) is 0 Å². The Hall–Kier alpha value is -2.02. The van der Waals surface area contributed by atoms with Gasteiger partial charge in [0.25, 0.3) is 5.91 Å². The zero-order chi connectivity index (χ0) is 14.9. The summed E-state index contributed by atoms with van der Waals surface area (Å²) in [6, 6.07) is 5.25. The third-order valence-electron chi connectivity index (χ3n) is 2.51. The van der Waals surface area contributed by atoms with Crippen LogP contribution in [0.25, 0.3) is 0 Å². The summed E-state index contributed by atoms with van der Waals surface area (Å²) in [5.41, 5.74) is 5.35. The maximum absolute atomic E-state index is 13.1. The van der Waals surface area contributed by atoms with Gasteiger partial charge in [0, 0.05) is 17.4 Å². The highest BCUT2D eigenvalue weighted by molar-refractivity contribution is 9.10. The van der Waals surface area contributed by atoms with E-state index in [-0.39, 0.29) is 21.4 Å². The number of nitrogens with one attached hydrogen (secondary N) is 1. The molecule has 0 saturated carbocycles. The molecule has 20 heavy (non-hydrogen) atoms. The van der Waals surface area contributed by atoms with Crippen LogP contribution in [0.4, 0.5) is 24.5 Å². The predicted molar refractivity (Wildman–Crippen MR) is 72.8 cm³/mol. The lowest BCUT2D eigenvalue weighted by atomic mass is 10.1. The first-order valence-corrected chi connectivity index (χ1v) is 6.18. The number of nitrogen functional groups attached to an aromatic ring is 1. The van der Waals surface area contributed by atoms with E-state index in [2.05, 4.69) is 21.2 Å². The highest BCUT2D eigenvalue weighted by atomic mass is 79.9. The van der Waals surface area contributed by atoms with E-state index in [9.17, 15) is 18.0 Å². The zero-order valence-corrected chi connectivity index (χ0v) is 11.5. The van der Waals surface area contributed by atoms with E-state index in [1.165, 1.54) is 12.1 Å². The van der Waals surface area contributed by atoms with Crippen LogP contribution in [-0.4, -0.2) is 5.91 Å². The number of halogens is 4. The minimum Gasteiger partial charge on any atom is -0.398 e. The molecule has 0 bridgehead atoms. The van der Waals surface area contributed by atoms with Crippen molar-refractivity contribution in [2.45, 2.75) is 0 Å². The molecule has 0 aromatic heterocycles. The van der Waals surface area contributed by atoms with Crippen molar-refractivity contribution in [3.05, 3.63) is 57.8 Å². The molecular formula is C13H8BrF3N2O. The number of hydrogen-bond acceptors (Lipinski definition) is 2. The van der Waals surface area contributed by atoms with E-state index in [1.54, 1.807) is 0 Å². The largest absolute Gasteiger partial charge is 0.398 e. The van der Waals surface area contributed by atoms with Crippen LogP contribution in [0.3, 0.4) is 0 Å². The maximum atomic E-state index is 13.1. The van der Waals surface area contributed by atoms with Crippen molar-refractivity contribution in [3.63, 3.8) is 0 Å². The fourth-order valence-corrected chi connectivity index (χ4v) is 1.91. The van der Waals surface area contributed by atoms with Crippen molar-refractivity contribution in [3.8, 4) is 0 Å². The van der Waals surface area contributed by atoms with E-state index in [4.69, 9.17) is 5.73 Å². The summed E-state index contributed by atoms with van der Waals surface area (Å²) in [4.78, 5) is 11.9. The van der Waals surface area contributed by atoms with Gasteiger partial charge < -0.3 is 11.1 Å². The molecule has 7 heteroatoms. The van der Waals surface area contributed by atoms with Gasteiger partial charge in [-0.1, -0.05) is 0 Å². The van der Waals surface area contributed by atoms with Gasteiger partial charge in [0.2, 0.25) is 0 Å². The number of anilines is 2. The Labute approximate surface area is 120 Å². The SMILES string of the molecule is Nc1cc(F)c(F)cc1C(=O)Nc1ccc(F)c(Br)c1. The summed E-state index contributed by atoms with van der Waals surface area (Å²) in [5, 5.41) is 2.41. The number of carbonyl (C=O) groups excluding carboxylic acids is 1. The van der Waals surface area contributed by atoms with Crippen LogP contribution in [0.15, 0.2) is 34.8 Å². The number of benzene rings is 2. The third kappa shape index (κ3) is 2.93. The highest BCUT2D eigenvalue weighted by Crippen LogP contribution is 2.22. The Bertz CT molecular complexity index is 692. The van der Waals surface area contributed by atoms with Gasteiger partial charge in [-0.15, -0.1) is 0 Å². The molecule has 2 rings (SSSR count). The first-order valence-electron chi connectivity index (χ1n) is 5.39. The summed E-state index contributed by atoms with van der Waals surface area (Å²) in [5.74, 6) is -3.52. The zero-order valence-electron chi connectivity index (χ0n) is 9.88. The Morgan fingerprint density at radius 1 is 1.05 bits per heavy atom. The average Bonchev–Trinajstić information content (AvgIpc) is 2.38. The van der Waals surface area contributed by atoms with Crippen molar-refractivity contribution in [1.29, 1.82) is 0 Å². The second kappa shape index (κ2) is 5.54. The smallest absolute Gasteiger partial charge is 0.257 e. The Balaban J connectivity index is 2.28. The molecule has 0 radical (unpaired) electrons. The molecule has 0 heterocycles. The molecule has 2 aromatic rings. The molecule has 0 unspecified atom stereocenters. The summed E-state index contributed by atoms with van der Waals surface area (Å²) in [6.45, 7) is 0. The first-order chi connectivity index (χ1) is 9.38. The molecule has 0 fully saturated rings. The topological polar surface area (TPSA) is 55.1 Å². The van der Waals surface area contributed by atoms with E-state index in [1.807, 2.05) is 0 Å². The summed E-state index contributed by atoms with van der Waals surface area (Å²) < 4.78 is 39.2. The molecule has 1 amide bonds. The van der Waals surface area contributed by atoms with Crippen LogP contribution in [0.5, 0.6) is 0 Å². The molecular weight excluding hydrogens is 337 g/mol. The number of rotatable bonds is 2. The van der Waals surface area contributed by atoms with Gasteiger partial charge in [-0.25, -0.2) is 13.2 Å². The minimum absolute atomic E-state index is 0.161. The molecule has 3 N–H and O–H groups in total. The maximum Gasteiger partial charge on any atom is 0.257 e. The Morgan fingerprint density at radius 3 is 2.35 bits per heavy atom. The van der Waals surface area contributed by atoms with E-state index in [0.29, 0.717) is 6.07 Å². The van der Waals surface area contributed by atoms with Gasteiger partial charge >= 0.3 is 0 Å². The summed E-state index contributed by atoms with van der Waals surface area (Å²) in [7, 11) is 0.